The fourth-order valence-corrected chi connectivity index (χ4v) is 4.37. The largest absolute Gasteiger partial charge is 0.486 e. The van der Waals surface area contributed by atoms with Gasteiger partial charge in [-0.1, -0.05) is 6.07 Å². The van der Waals surface area contributed by atoms with Crippen molar-refractivity contribution < 1.29 is 14.3 Å². The van der Waals surface area contributed by atoms with Gasteiger partial charge in [0, 0.05) is 18.5 Å². The normalized spacial score (nSPS) is 21.1. The summed E-state index contributed by atoms with van der Waals surface area (Å²) in [6, 6.07) is 6.18. The predicted molar refractivity (Wildman–Crippen MR) is 105 cm³/mol. The second-order valence-corrected chi connectivity index (χ2v) is 8.83. The van der Waals surface area contributed by atoms with E-state index in [1.807, 2.05) is 6.07 Å². The van der Waals surface area contributed by atoms with Crippen LogP contribution in [0.3, 0.4) is 0 Å². The molecule has 2 fully saturated rings. The Bertz CT molecular complexity index is 678. The molecule has 3 aliphatic rings. The van der Waals surface area contributed by atoms with E-state index in [0.717, 1.165) is 24.6 Å². The Kier molecular flexibility index (Phi) is 5.31. The first-order valence-corrected chi connectivity index (χ1v) is 10.4. The maximum atomic E-state index is 12.7. The highest BCUT2D eigenvalue weighted by molar-refractivity contribution is 5.77. The standard InChI is InChI=1S/C22H32N2O3/c1-22(2,24-9-3-4-10-24)15-23-21(25)14-18(16-5-6-16)17-7-8-19-20(13-17)27-12-11-26-19/h7-8,13,16,18H,3-6,9-12,14-15H2,1-2H3,(H,23,25). The molecule has 148 valence electrons. The lowest BCUT2D eigenvalue weighted by Crippen LogP contribution is -2.50. The van der Waals surface area contributed by atoms with Crippen molar-refractivity contribution in [3.63, 3.8) is 0 Å². The van der Waals surface area contributed by atoms with Crippen LogP contribution in [0.2, 0.25) is 0 Å². The molecule has 0 bridgehead atoms. The topological polar surface area (TPSA) is 50.8 Å². The zero-order valence-electron chi connectivity index (χ0n) is 16.6. The molecule has 0 aromatic heterocycles. The maximum absolute atomic E-state index is 12.7. The Labute approximate surface area is 162 Å². The van der Waals surface area contributed by atoms with Gasteiger partial charge in [0.2, 0.25) is 5.91 Å². The molecule has 1 saturated carbocycles. The molecule has 1 N–H and O–H groups in total. The summed E-state index contributed by atoms with van der Waals surface area (Å²) >= 11 is 0. The number of fused-ring (bicyclic) bond motifs is 1. The average Bonchev–Trinajstić information content (AvgIpc) is 3.35. The Morgan fingerprint density at radius 2 is 1.89 bits per heavy atom. The van der Waals surface area contributed by atoms with Crippen molar-refractivity contribution in [2.24, 2.45) is 5.92 Å². The first-order valence-electron chi connectivity index (χ1n) is 10.4. The van der Waals surface area contributed by atoms with Crippen LogP contribution < -0.4 is 14.8 Å². The summed E-state index contributed by atoms with van der Waals surface area (Å²) < 4.78 is 11.4. The molecule has 27 heavy (non-hydrogen) atoms. The smallest absolute Gasteiger partial charge is 0.220 e. The van der Waals surface area contributed by atoms with E-state index >= 15 is 0 Å². The minimum absolute atomic E-state index is 0.0260. The number of benzene rings is 1. The molecule has 1 amide bonds. The third-order valence-corrected chi connectivity index (χ3v) is 6.27. The van der Waals surface area contributed by atoms with Gasteiger partial charge in [-0.15, -0.1) is 0 Å². The van der Waals surface area contributed by atoms with E-state index in [1.54, 1.807) is 0 Å². The summed E-state index contributed by atoms with van der Waals surface area (Å²) in [7, 11) is 0. The van der Waals surface area contributed by atoms with Gasteiger partial charge < -0.3 is 14.8 Å². The lowest BCUT2D eigenvalue weighted by Gasteiger charge is -2.35. The molecule has 4 rings (SSSR count). The third kappa shape index (κ3) is 4.40. The highest BCUT2D eigenvalue weighted by Crippen LogP contribution is 2.46. The van der Waals surface area contributed by atoms with Crippen LogP contribution in [0.5, 0.6) is 11.5 Å². The molecule has 5 nitrogen and oxygen atoms in total. The molecule has 1 unspecified atom stereocenters. The summed E-state index contributed by atoms with van der Waals surface area (Å²) in [5, 5.41) is 3.21. The first-order chi connectivity index (χ1) is 13.0. The highest BCUT2D eigenvalue weighted by Gasteiger charge is 2.35. The van der Waals surface area contributed by atoms with Crippen LogP contribution in [-0.4, -0.2) is 49.2 Å². The van der Waals surface area contributed by atoms with Gasteiger partial charge in [0.1, 0.15) is 13.2 Å². The minimum atomic E-state index is 0.0260. The van der Waals surface area contributed by atoms with Gasteiger partial charge in [0.05, 0.1) is 0 Å². The van der Waals surface area contributed by atoms with Crippen molar-refractivity contribution >= 4 is 5.91 Å². The van der Waals surface area contributed by atoms with E-state index in [4.69, 9.17) is 9.47 Å². The number of hydrogen-bond acceptors (Lipinski definition) is 4. The predicted octanol–water partition coefficient (Wildman–Crippen LogP) is 3.33. The fraction of sp³-hybridized carbons (Fsp3) is 0.682. The number of hydrogen-bond donors (Lipinski definition) is 1. The molecule has 5 heteroatoms. The summed E-state index contributed by atoms with van der Waals surface area (Å²) in [5.74, 6) is 2.69. The fourth-order valence-electron chi connectivity index (χ4n) is 4.37. The molecular weight excluding hydrogens is 340 g/mol. The lowest BCUT2D eigenvalue weighted by molar-refractivity contribution is -0.122. The summed E-state index contributed by atoms with van der Waals surface area (Å²) in [6.45, 7) is 8.67. The van der Waals surface area contributed by atoms with Gasteiger partial charge in [-0.05, 0) is 82.2 Å². The molecular formula is C22H32N2O3. The lowest BCUT2D eigenvalue weighted by atomic mass is 9.90. The quantitative estimate of drug-likeness (QED) is 0.798. The second-order valence-electron chi connectivity index (χ2n) is 8.83. The van der Waals surface area contributed by atoms with Crippen LogP contribution in [0, 0.1) is 5.92 Å². The van der Waals surface area contributed by atoms with Crippen molar-refractivity contribution in [2.75, 3.05) is 32.8 Å². The van der Waals surface area contributed by atoms with Crippen LogP contribution in [-0.2, 0) is 4.79 Å². The Morgan fingerprint density at radius 1 is 1.19 bits per heavy atom. The first kappa shape index (κ1) is 18.6. The average molecular weight is 373 g/mol. The molecule has 1 aromatic carbocycles. The number of rotatable bonds is 7. The molecule has 2 heterocycles. The molecule has 1 aliphatic carbocycles. The van der Waals surface area contributed by atoms with Gasteiger partial charge in [-0.25, -0.2) is 0 Å². The van der Waals surface area contributed by atoms with E-state index in [0.29, 0.717) is 32.1 Å². The van der Waals surface area contributed by atoms with Crippen LogP contribution >= 0.6 is 0 Å². The van der Waals surface area contributed by atoms with Crippen LogP contribution in [0.15, 0.2) is 18.2 Å². The number of ether oxygens (including phenoxy) is 2. The van der Waals surface area contributed by atoms with Crippen LogP contribution in [0.1, 0.15) is 57.4 Å². The van der Waals surface area contributed by atoms with E-state index in [-0.39, 0.29) is 17.4 Å². The van der Waals surface area contributed by atoms with Crippen molar-refractivity contribution in [2.45, 2.75) is 57.4 Å². The van der Waals surface area contributed by atoms with E-state index < -0.39 is 0 Å². The van der Waals surface area contributed by atoms with Gasteiger partial charge in [0.15, 0.2) is 11.5 Å². The van der Waals surface area contributed by atoms with E-state index in [9.17, 15) is 4.79 Å². The molecule has 0 spiro atoms. The van der Waals surface area contributed by atoms with Crippen molar-refractivity contribution in [1.82, 2.24) is 10.2 Å². The van der Waals surface area contributed by atoms with Crippen LogP contribution in [0.4, 0.5) is 0 Å². The summed E-state index contributed by atoms with van der Waals surface area (Å²) in [4.78, 5) is 15.2. The van der Waals surface area contributed by atoms with Crippen molar-refractivity contribution in [3.8, 4) is 11.5 Å². The van der Waals surface area contributed by atoms with Gasteiger partial charge in [-0.3, -0.25) is 9.69 Å². The van der Waals surface area contributed by atoms with Gasteiger partial charge >= 0.3 is 0 Å². The number of carbonyl (C=O) groups excluding carboxylic acids is 1. The van der Waals surface area contributed by atoms with E-state index in [1.165, 1.54) is 31.2 Å². The minimum Gasteiger partial charge on any atom is -0.486 e. The number of likely N-dealkylation sites (tertiary alicyclic amines) is 1. The Balaban J connectivity index is 1.38. The highest BCUT2D eigenvalue weighted by atomic mass is 16.6. The van der Waals surface area contributed by atoms with Crippen molar-refractivity contribution in [1.29, 1.82) is 0 Å². The molecule has 2 aliphatic heterocycles. The van der Waals surface area contributed by atoms with Crippen LogP contribution in [0.25, 0.3) is 0 Å². The molecule has 0 radical (unpaired) electrons. The Morgan fingerprint density at radius 3 is 2.59 bits per heavy atom. The molecule has 1 aromatic rings. The number of carbonyl (C=O) groups is 1. The van der Waals surface area contributed by atoms with Gasteiger partial charge in [-0.2, -0.15) is 0 Å². The van der Waals surface area contributed by atoms with Gasteiger partial charge in [0.25, 0.3) is 0 Å². The maximum Gasteiger partial charge on any atom is 0.220 e. The van der Waals surface area contributed by atoms with Crippen molar-refractivity contribution in [3.05, 3.63) is 23.8 Å². The SMILES string of the molecule is CC(C)(CNC(=O)CC(c1ccc2c(c1)OCCO2)C1CC1)N1CCCC1. The molecule has 1 saturated heterocycles. The zero-order valence-corrected chi connectivity index (χ0v) is 16.6. The number of nitrogens with zero attached hydrogens (tertiary/aromatic N) is 1. The monoisotopic (exact) mass is 372 g/mol. The third-order valence-electron chi connectivity index (χ3n) is 6.27. The summed E-state index contributed by atoms with van der Waals surface area (Å²) in [5.41, 5.74) is 1.23. The summed E-state index contributed by atoms with van der Waals surface area (Å²) in [6.07, 6.45) is 5.52. The second kappa shape index (κ2) is 7.70. The molecule has 1 atom stereocenters. The van der Waals surface area contributed by atoms with E-state index in [2.05, 4.69) is 36.2 Å². The zero-order chi connectivity index (χ0) is 18.9. The Hall–Kier alpha value is -1.75. The number of amides is 1. The number of nitrogens with one attached hydrogen (secondary N) is 1.